The molecule has 1 N–H and O–H groups in total. The van der Waals surface area contributed by atoms with Crippen LogP contribution in [0.15, 0.2) is 47.4 Å². The fourth-order valence-corrected chi connectivity index (χ4v) is 4.86. The summed E-state index contributed by atoms with van der Waals surface area (Å²) in [5, 5.41) is 2.80. The van der Waals surface area contributed by atoms with Crippen LogP contribution < -0.4 is 14.8 Å². The Balaban J connectivity index is 1.24. The molecule has 2 amide bonds. The van der Waals surface area contributed by atoms with Gasteiger partial charge in [0.15, 0.2) is 11.5 Å². The molecule has 0 unspecified atom stereocenters. The van der Waals surface area contributed by atoms with Gasteiger partial charge in [0, 0.05) is 18.7 Å². The van der Waals surface area contributed by atoms with E-state index in [-0.39, 0.29) is 31.0 Å². The molecule has 0 aromatic heterocycles. The minimum atomic E-state index is -0.377. The number of thiocarbonyl (C=S) groups is 1. The Morgan fingerprint density at radius 3 is 2.69 bits per heavy atom. The zero-order valence-electron chi connectivity index (χ0n) is 19.8. The summed E-state index contributed by atoms with van der Waals surface area (Å²) < 4.78 is 16.4. The molecule has 8 nitrogen and oxygen atoms in total. The third kappa shape index (κ3) is 6.44. The van der Waals surface area contributed by atoms with Gasteiger partial charge in [-0.1, -0.05) is 43.4 Å². The monoisotopic (exact) mass is 526 g/mol. The second-order valence-electron chi connectivity index (χ2n) is 8.16. The van der Waals surface area contributed by atoms with Gasteiger partial charge in [-0.15, -0.1) is 0 Å². The number of esters is 1. The molecule has 4 rings (SSSR count). The largest absolute Gasteiger partial charge is 0.462 e. The summed E-state index contributed by atoms with van der Waals surface area (Å²) in [7, 11) is 0. The second kappa shape index (κ2) is 12.0. The Labute approximate surface area is 219 Å². The minimum Gasteiger partial charge on any atom is -0.462 e. The van der Waals surface area contributed by atoms with Gasteiger partial charge in [-0.2, -0.15) is 0 Å². The topological polar surface area (TPSA) is 94.2 Å². The Kier molecular flexibility index (Phi) is 8.61. The summed E-state index contributed by atoms with van der Waals surface area (Å²) in [6.45, 7) is 2.95. The van der Waals surface area contributed by atoms with Crippen molar-refractivity contribution in [1.82, 2.24) is 4.90 Å². The summed E-state index contributed by atoms with van der Waals surface area (Å²) in [6, 6.07) is 12.1. The third-order valence-electron chi connectivity index (χ3n) is 5.49. The van der Waals surface area contributed by atoms with Crippen molar-refractivity contribution < 1.29 is 28.6 Å². The number of hydrogen-bond acceptors (Lipinski definition) is 8. The van der Waals surface area contributed by atoms with E-state index in [1.807, 2.05) is 19.1 Å². The van der Waals surface area contributed by atoms with E-state index in [9.17, 15) is 14.4 Å². The van der Waals surface area contributed by atoms with E-state index in [1.54, 1.807) is 36.4 Å². The molecule has 2 aliphatic heterocycles. The first-order valence-electron chi connectivity index (χ1n) is 11.7. The highest BCUT2D eigenvalue weighted by Crippen LogP contribution is 2.36. The van der Waals surface area contributed by atoms with Gasteiger partial charge in [-0.05, 0) is 60.9 Å². The predicted molar refractivity (Wildman–Crippen MR) is 142 cm³/mol. The first-order valence-corrected chi connectivity index (χ1v) is 12.9. The zero-order chi connectivity index (χ0) is 25.5. The molecule has 0 bridgehead atoms. The van der Waals surface area contributed by atoms with Gasteiger partial charge in [0.05, 0.1) is 17.1 Å². The number of fused-ring (bicyclic) bond motifs is 1. The molecule has 36 heavy (non-hydrogen) atoms. The molecule has 0 spiro atoms. The molecule has 0 aliphatic carbocycles. The standard InChI is InChI=1S/C26H26N2O6S2/c1-2-3-13-32-25(31)18-7-9-19(10-8-18)27-23(29)5-4-12-28-24(30)22(36-26(28)35)15-17-6-11-20-21(14-17)34-16-33-20/h6-11,14-15H,2-5,12-13,16H2,1H3,(H,27,29). The van der Waals surface area contributed by atoms with Gasteiger partial charge in [0.2, 0.25) is 12.7 Å². The molecule has 0 radical (unpaired) electrons. The van der Waals surface area contributed by atoms with Gasteiger partial charge in [0.1, 0.15) is 4.32 Å². The fourth-order valence-electron chi connectivity index (χ4n) is 3.55. The van der Waals surface area contributed by atoms with Gasteiger partial charge in [-0.25, -0.2) is 4.79 Å². The number of rotatable bonds is 10. The van der Waals surface area contributed by atoms with Crippen molar-refractivity contribution in [2.24, 2.45) is 0 Å². The van der Waals surface area contributed by atoms with Crippen LogP contribution >= 0.6 is 24.0 Å². The highest BCUT2D eigenvalue weighted by molar-refractivity contribution is 8.26. The van der Waals surface area contributed by atoms with Crippen molar-refractivity contribution >= 4 is 57.8 Å². The Morgan fingerprint density at radius 1 is 1.14 bits per heavy atom. The quantitative estimate of drug-likeness (QED) is 0.200. The van der Waals surface area contributed by atoms with E-state index in [0.29, 0.717) is 51.5 Å². The third-order valence-corrected chi connectivity index (χ3v) is 6.87. The van der Waals surface area contributed by atoms with Gasteiger partial charge < -0.3 is 19.5 Å². The van der Waals surface area contributed by atoms with Crippen molar-refractivity contribution in [3.05, 3.63) is 58.5 Å². The van der Waals surface area contributed by atoms with E-state index in [4.69, 9.17) is 26.4 Å². The maximum atomic E-state index is 12.8. The molecule has 2 aromatic rings. The lowest BCUT2D eigenvalue weighted by Crippen LogP contribution is -2.29. The lowest BCUT2D eigenvalue weighted by Gasteiger charge is -2.14. The van der Waals surface area contributed by atoms with Crippen LogP contribution in [-0.2, 0) is 14.3 Å². The number of thioether (sulfide) groups is 1. The number of benzene rings is 2. The highest BCUT2D eigenvalue weighted by atomic mass is 32.2. The van der Waals surface area contributed by atoms with E-state index in [2.05, 4.69) is 5.32 Å². The van der Waals surface area contributed by atoms with Crippen molar-refractivity contribution in [3.63, 3.8) is 0 Å². The van der Waals surface area contributed by atoms with E-state index < -0.39 is 0 Å². The van der Waals surface area contributed by atoms with Gasteiger partial charge in [0.25, 0.3) is 5.91 Å². The lowest BCUT2D eigenvalue weighted by atomic mass is 10.2. The molecule has 1 fully saturated rings. The zero-order valence-corrected chi connectivity index (χ0v) is 21.4. The minimum absolute atomic E-state index is 0.176. The Hall–Kier alpha value is -3.37. The summed E-state index contributed by atoms with van der Waals surface area (Å²) in [4.78, 5) is 39.2. The molecule has 2 aromatic carbocycles. The van der Waals surface area contributed by atoms with Crippen molar-refractivity contribution in [3.8, 4) is 11.5 Å². The SMILES string of the molecule is CCCCOC(=O)c1ccc(NC(=O)CCCN2C(=O)C(=Cc3ccc4c(c3)OCO4)SC2=S)cc1. The number of carbonyl (C=O) groups is 3. The molecule has 188 valence electrons. The number of ether oxygens (including phenoxy) is 3. The number of unbranched alkanes of at least 4 members (excludes halogenated alkanes) is 1. The van der Waals surface area contributed by atoms with E-state index in [0.717, 1.165) is 18.4 Å². The molecule has 10 heteroatoms. The first-order chi connectivity index (χ1) is 17.4. The average molecular weight is 527 g/mol. The first kappa shape index (κ1) is 25.7. The summed E-state index contributed by atoms with van der Waals surface area (Å²) >= 11 is 6.62. The molecule has 1 saturated heterocycles. The number of carbonyl (C=O) groups excluding carboxylic acids is 3. The maximum absolute atomic E-state index is 12.8. The normalized spacial score (nSPS) is 15.5. The van der Waals surface area contributed by atoms with E-state index >= 15 is 0 Å². The van der Waals surface area contributed by atoms with Crippen molar-refractivity contribution in [2.45, 2.75) is 32.6 Å². The summed E-state index contributed by atoms with van der Waals surface area (Å²) in [5.74, 6) is 0.585. The number of nitrogens with zero attached hydrogens (tertiary/aromatic N) is 1. The van der Waals surface area contributed by atoms with Gasteiger partial charge >= 0.3 is 5.97 Å². The highest BCUT2D eigenvalue weighted by Gasteiger charge is 2.31. The van der Waals surface area contributed by atoms with Gasteiger partial charge in [-0.3, -0.25) is 14.5 Å². The molecule has 0 atom stereocenters. The predicted octanol–water partition coefficient (Wildman–Crippen LogP) is 4.99. The van der Waals surface area contributed by atoms with Crippen LogP contribution in [0.5, 0.6) is 11.5 Å². The number of amides is 2. The Bertz CT molecular complexity index is 1200. The fraction of sp³-hybridized carbons (Fsp3) is 0.308. The summed E-state index contributed by atoms with van der Waals surface area (Å²) in [6.07, 6.45) is 4.23. The number of nitrogens with one attached hydrogen (secondary N) is 1. The van der Waals surface area contributed by atoms with E-state index in [1.165, 1.54) is 16.7 Å². The Morgan fingerprint density at radius 2 is 1.92 bits per heavy atom. The molecule has 0 saturated carbocycles. The molecular formula is C26H26N2O6S2. The average Bonchev–Trinajstić information content (AvgIpc) is 3.44. The van der Waals surface area contributed by atoms with Crippen LogP contribution in [0, 0.1) is 0 Å². The molecule has 2 heterocycles. The summed E-state index contributed by atoms with van der Waals surface area (Å²) in [5.41, 5.74) is 1.84. The van der Waals surface area contributed by atoms with Crippen LogP contribution in [0.2, 0.25) is 0 Å². The number of anilines is 1. The van der Waals surface area contributed by atoms with Crippen LogP contribution in [0.25, 0.3) is 6.08 Å². The second-order valence-corrected chi connectivity index (χ2v) is 9.84. The van der Waals surface area contributed by atoms with Crippen LogP contribution in [0.4, 0.5) is 5.69 Å². The molecule has 2 aliphatic rings. The van der Waals surface area contributed by atoms with Crippen molar-refractivity contribution in [2.75, 3.05) is 25.3 Å². The lowest BCUT2D eigenvalue weighted by molar-refractivity contribution is -0.122. The number of hydrogen-bond donors (Lipinski definition) is 1. The molecular weight excluding hydrogens is 500 g/mol. The smallest absolute Gasteiger partial charge is 0.338 e. The van der Waals surface area contributed by atoms with Crippen LogP contribution in [0.3, 0.4) is 0 Å². The van der Waals surface area contributed by atoms with Crippen LogP contribution in [0.1, 0.15) is 48.5 Å². The maximum Gasteiger partial charge on any atom is 0.338 e. The van der Waals surface area contributed by atoms with Crippen molar-refractivity contribution in [1.29, 1.82) is 0 Å². The van der Waals surface area contributed by atoms with Crippen LogP contribution in [-0.4, -0.2) is 46.9 Å².